The van der Waals surface area contributed by atoms with Crippen LogP contribution in [0.15, 0.2) is 57.8 Å². The number of para-hydroxylation sites is 2. The van der Waals surface area contributed by atoms with Crippen molar-refractivity contribution >= 4 is 29.3 Å². The number of rotatable bonds is 1. The molecule has 0 atom stereocenters. The van der Waals surface area contributed by atoms with Crippen molar-refractivity contribution in [3.05, 3.63) is 54.1 Å². The molecule has 4 heteroatoms. The molecular weight excluding hydrogens is 242 g/mol. The zero-order valence-electron chi connectivity index (χ0n) is 9.97. The second-order valence-corrected chi connectivity index (χ2v) is 4.90. The van der Waals surface area contributed by atoms with E-state index in [-0.39, 0.29) is 0 Å². The van der Waals surface area contributed by atoms with Crippen LogP contribution in [0.1, 0.15) is 5.56 Å². The van der Waals surface area contributed by atoms with Gasteiger partial charge in [-0.2, -0.15) is 4.40 Å². The van der Waals surface area contributed by atoms with Gasteiger partial charge in [0.1, 0.15) is 0 Å². The average molecular weight is 255 g/mol. The molecule has 18 heavy (non-hydrogen) atoms. The Morgan fingerprint density at radius 3 is 2.72 bits per heavy atom. The lowest BCUT2D eigenvalue weighted by Gasteiger charge is -2.20. The van der Waals surface area contributed by atoms with Crippen molar-refractivity contribution in [2.75, 3.05) is 10.6 Å². The van der Waals surface area contributed by atoms with Crippen LogP contribution < -0.4 is 10.6 Å². The molecule has 0 unspecified atom stereocenters. The first-order valence-corrected chi connectivity index (χ1v) is 6.54. The summed E-state index contributed by atoms with van der Waals surface area (Å²) in [4.78, 5) is 1.16. The summed E-state index contributed by atoms with van der Waals surface area (Å²) in [5, 5.41) is 6.60. The van der Waals surface area contributed by atoms with Crippen LogP contribution in [-0.4, -0.2) is 5.96 Å². The van der Waals surface area contributed by atoms with Gasteiger partial charge in [0.15, 0.2) is 0 Å². The minimum Gasteiger partial charge on any atom is -0.325 e. The maximum absolute atomic E-state index is 4.42. The molecule has 3 nitrogen and oxygen atoms in total. The van der Waals surface area contributed by atoms with E-state index < -0.39 is 0 Å². The molecule has 3 rings (SSSR count). The number of nitrogens with one attached hydrogen (secondary N) is 2. The number of benzene rings is 2. The Balaban J connectivity index is 1.82. The van der Waals surface area contributed by atoms with Crippen LogP contribution in [0.2, 0.25) is 0 Å². The van der Waals surface area contributed by atoms with Crippen LogP contribution in [0.25, 0.3) is 0 Å². The summed E-state index contributed by atoms with van der Waals surface area (Å²) in [5.41, 5.74) is 3.39. The lowest BCUT2D eigenvalue weighted by atomic mass is 10.2. The summed E-state index contributed by atoms with van der Waals surface area (Å²) < 4.78 is 4.42. The Bertz CT molecular complexity index is 593. The SMILES string of the molecule is Cc1cccc2c1NC(Nc1ccccc1)=NS2. The third-order valence-corrected chi connectivity index (χ3v) is 3.56. The molecule has 0 aromatic heterocycles. The Kier molecular flexibility index (Phi) is 2.94. The molecule has 2 aromatic rings. The van der Waals surface area contributed by atoms with Crippen LogP contribution in [0, 0.1) is 6.92 Å². The van der Waals surface area contributed by atoms with Gasteiger partial charge in [0.05, 0.1) is 10.6 Å². The van der Waals surface area contributed by atoms with Crippen molar-refractivity contribution in [1.29, 1.82) is 0 Å². The van der Waals surface area contributed by atoms with E-state index in [1.807, 2.05) is 36.4 Å². The van der Waals surface area contributed by atoms with Crippen LogP contribution >= 0.6 is 11.9 Å². The Labute approximate surface area is 110 Å². The Morgan fingerprint density at radius 1 is 1.06 bits per heavy atom. The highest BCUT2D eigenvalue weighted by Gasteiger charge is 2.14. The van der Waals surface area contributed by atoms with Gasteiger partial charge in [-0.3, -0.25) is 0 Å². The molecule has 1 aliphatic rings. The number of hydrogen-bond donors (Lipinski definition) is 2. The molecule has 0 spiro atoms. The summed E-state index contributed by atoms with van der Waals surface area (Å²) in [7, 11) is 0. The van der Waals surface area contributed by atoms with Crippen molar-refractivity contribution < 1.29 is 0 Å². The predicted octanol–water partition coefficient (Wildman–Crippen LogP) is 3.90. The molecule has 0 amide bonds. The second kappa shape index (κ2) is 4.74. The van der Waals surface area contributed by atoms with Gasteiger partial charge in [-0.1, -0.05) is 30.3 Å². The third kappa shape index (κ3) is 2.19. The van der Waals surface area contributed by atoms with Gasteiger partial charge in [-0.05, 0) is 30.7 Å². The minimum atomic E-state index is 0.771. The molecule has 0 saturated carbocycles. The van der Waals surface area contributed by atoms with Gasteiger partial charge in [0, 0.05) is 17.6 Å². The van der Waals surface area contributed by atoms with Crippen molar-refractivity contribution in [3.63, 3.8) is 0 Å². The second-order valence-electron chi connectivity index (χ2n) is 4.10. The van der Waals surface area contributed by atoms with Gasteiger partial charge in [-0.15, -0.1) is 0 Å². The molecule has 0 aliphatic carbocycles. The van der Waals surface area contributed by atoms with Gasteiger partial charge in [0.25, 0.3) is 0 Å². The lowest BCUT2D eigenvalue weighted by Crippen LogP contribution is -2.24. The zero-order chi connectivity index (χ0) is 12.4. The normalized spacial score (nSPS) is 13.3. The number of hydrogen-bond acceptors (Lipinski definition) is 4. The summed E-state index contributed by atoms with van der Waals surface area (Å²) in [6.07, 6.45) is 0. The van der Waals surface area contributed by atoms with Crippen LogP contribution in [0.5, 0.6) is 0 Å². The maximum atomic E-state index is 4.42. The average Bonchev–Trinajstić information content (AvgIpc) is 2.41. The standard InChI is InChI=1S/C14H13N3S/c1-10-6-5-9-12-13(10)16-14(17-18-12)15-11-7-3-2-4-8-11/h2-9H,1H3,(H2,15,16,17). The predicted molar refractivity (Wildman–Crippen MR) is 78.2 cm³/mol. The fourth-order valence-electron chi connectivity index (χ4n) is 1.83. The van der Waals surface area contributed by atoms with Crippen molar-refractivity contribution in [3.8, 4) is 0 Å². The molecule has 1 aliphatic heterocycles. The monoisotopic (exact) mass is 255 g/mol. The molecule has 90 valence electrons. The van der Waals surface area contributed by atoms with Gasteiger partial charge < -0.3 is 10.6 Å². The summed E-state index contributed by atoms with van der Waals surface area (Å²) in [6.45, 7) is 2.10. The number of nitrogens with zero attached hydrogens (tertiary/aromatic N) is 1. The van der Waals surface area contributed by atoms with Gasteiger partial charge >= 0.3 is 0 Å². The highest BCUT2D eigenvalue weighted by atomic mass is 32.2. The van der Waals surface area contributed by atoms with Crippen molar-refractivity contribution in [2.45, 2.75) is 11.8 Å². The molecule has 2 N–H and O–H groups in total. The third-order valence-electron chi connectivity index (χ3n) is 2.75. The number of fused-ring (bicyclic) bond motifs is 1. The zero-order valence-corrected chi connectivity index (χ0v) is 10.8. The van der Waals surface area contributed by atoms with E-state index in [0.29, 0.717) is 0 Å². The summed E-state index contributed by atoms with van der Waals surface area (Å²) >= 11 is 1.49. The van der Waals surface area contributed by atoms with E-state index in [4.69, 9.17) is 0 Å². The lowest BCUT2D eigenvalue weighted by molar-refractivity contribution is 1.33. The smallest absolute Gasteiger partial charge is 0.212 e. The first kappa shape index (κ1) is 11.2. The quantitative estimate of drug-likeness (QED) is 0.759. The number of anilines is 2. The van der Waals surface area contributed by atoms with Crippen LogP contribution in [0.3, 0.4) is 0 Å². The minimum absolute atomic E-state index is 0.771. The fourth-order valence-corrected chi connectivity index (χ4v) is 2.55. The summed E-state index contributed by atoms with van der Waals surface area (Å²) in [6, 6.07) is 16.2. The van der Waals surface area contributed by atoms with E-state index in [9.17, 15) is 0 Å². The van der Waals surface area contributed by atoms with E-state index in [1.54, 1.807) is 0 Å². The molecule has 0 fully saturated rings. The Morgan fingerprint density at radius 2 is 1.89 bits per heavy atom. The van der Waals surface area contributed by atoms with E-state index in [2.05, 4.69) is 34.1 Å². The van der Waals surface area contributed by atoms with E-state index in [0.717, 1.165) is 22.2 Å². The largest absolute Gasteiger partial charge is 0.325 e. The van der Waals surface area contributed by atoms with Crippen molar-refractivity contribution in [1.82, 2.24) is 0 Å². The molecular formula is C14H13N3S. The van der Waals surface area contributed by atoms with E-state index in [1.165, 1.54) is 17.5 Å². The maximum Gasteiger partial charge on any atom is 0.212 e. The molecule has 0 radical (unpaired) electrons. The summed E-state index contributed by atoms with van der Waals surface area (Å²) in [5.74, 6) is 0.771. The number of aryl methyl sites for hydroxylation is 1. The van der Waals surface area contributed by atoms with E-state index >= 15 is 0 Å². The highest BCUT2D eigenvalue weighted by Crippen LogP contribution is 2.34. The van der Waals surface area contributed by atoms with Gasteiger partial charge in [0.2, 0.25) is 5.96 Å². The number of guanidine groups is 1. The molecule has 0 bridgehead atoms. The molecule has 2 aromatic carbocycles. The fraction of sp³-hybridized carbons (Fsp3) is 0.0714. The first-order valence-electron chi connectivity index (χ1n) is 5.77. The van der Waals surface area contributed by atoms with Crippen molar-refractivity contribution in [2.24, 2.45) is 4.40 Å². The topological polar surface area (TPSA) is 36.4 Å². The molecule has 0 saturated heterocycles. The Hall–Kier alpha value is -1.94. The highest BCUT2D eigenvalue weighted by molar-refractivity contribution is 7.98. The first-order chi connectivity index (χ1) is 8.83. The van der Waals surface area contributed by atoms with Crippen LogP contribution in [-0.2, 0) is 0 Å². The van der Waals surface area contributed by atoms with Gasteiger partial charge in [-0.25, -0.2) is 0 Å². The van der Waals surface area contributed by atoms with Crippen LogP contribution in [0.4, 0.5) is 11.4 Å². The molecule has 1 heterocycles.